The van der Waals surface area contributed by atoms with E-state index in [1.54, 1.807) is 12.1 Å². The number of hydrogen-bond acceptors (Lipinski definition) is 6. The van der Waals surface area contributed by atoms with E-state index in [2.05, 4.69) is 10.0 Å². The molecule has 1 aliphatic rings. The molecule has 0 spiro atoms. The van der Waals surface area contributed by atoms with Gasteiger partial charge in [0.2, 0.25) is 0 Å². The first-order chi connectivity index (χ1) is 12.8. The standard InChI is InChI=1S/C17H17N3O6S/c1-26-16-9-8-12(10-15(16)20(22)23)27(24,25)19-14-5-3-2-4-13(14)17(21)18-11-6-7-11/h2-5,8-11,19H,6-7H2,1H3,(H,18,21). The summed E-state index contributed by atoms with van der Waals surface area (Å²) in [5.74, 6) is -0.431. The van der Waals surface area contributed by atoms with E-state index in [4.69, 9.17) is 4.74 Å². The minimum atomic E-state index is -4.15. The maximum atomic E-state index is 12.7. The number of sulfonamides is 1. The zero-order chi connectivity index (χ0) is 19.6. The van der Waals surface area contributed by atoms with Crippen molar-refractivity contribution >= 4 is 27.3 Å². The van der Waals surface area contributed by atoms with E-state index in [1.165, 1.54) is 31.4 Å². The molecule has 0 unspecified atom stereocenters. The number of methoxy groups -OCH3 is 1. The molecule has 10 heteroatoms. The van der Waals surface area contributed by atoms with Crippen molar-refractivity contribution in [3.05, 3.63) is 58.1 Å². The molecule has 27 heavy (non-hydrogen) atoms. The molecule has 2 N–H and O–H groups in total. The smallest absolute Gasteiger partial charge is 0.312 e. The highest BCUT2D eigenvalue weighted by atomic mass is 32.2. The van der Waals surface area contributed by atoms with Gasteiger partial charge < -0.3 is 10.1 Å². The maximum absolute atomic E-state index is 12.7. The van der Waals surface area contributed by atoms with E-state index < -0.39 is 20.6 Å². The van der Waals surface area contributed by atoms with Gasteiger partial charge in [-0.15, -0.1) is 0 Å². The Labute approximate surface area is 155 Å². The minimum Gasteiger partial charge on any atom is -0.490 e. The molecule has 3 rings (SSSR count). The summed E-state index contributed by atoms with van der Waals surface area (Å²) in [6, 6.07) is 9.60. The van der Waals surface area contributed by atoms with E-state index >= 15 is 0 Å². The van der Waals surface area contributed by atoms with Crippen LogP contribution in [0.1, 0.15) is 23.2 Å². The van der Waals surface area contributed by atoms with Crippen LogP contribution in [0.15, 0.2) is 47.4 Å². The number of nitrogens with one attached hydrogen (secondary N) is 2. The molecule has 0 aliphatic heterocycles. The zero-order valence-electron chi connectivity index (χ0n) is 14.3. The number of nitrogens with zero attached hydrogens (tertiary/aromatic N) is 1. The van der Waals surface area contributed by atoms with Gasteiger partial charge in [0.1, 0.15) is 0 Å². The maximum Gasteiger partial charge on any atom is 0.312 e. The van der Waals surface area contributed by atoms with Gasteiger partial charge in [0, 0.05) is 12.1 Å². The lowest BCUT2D eigenvalue weighted by Gasteiger charge is -2.13. The molecule has 0 atom stereocenters. The third kappa shape index (κ3) is 4.17. The number of rotatable bonds is 7. The lowest BCUT2D eigenvalue weighted by Crippen LogP contribution is -2.27. The van der Waals surface area contributed by atoms with Crippen molar-refractivity contribution in [3.63, 3.8) is 0 Å². The Hall–Kier alpha value is -3.14. The number of ether oxygens (including phenoxy) is 1. The first-order valence-corrected chi connectivity index (χ1v) is 9.55. The van der Waals surface area contributed by atoms with Crippen LogP contribution in [0.3, 0.4) is 0 Å². The molecule has 0 aromatic heterocycles. The number of nitro groups is 1. The second kappa shape index (κ2) is 7.23. The monoisotopic (exact) mass is 391 g/mol. The fourth-order valence-corrected chi connectivity index (χ4v) is 3.54. The number of carbonyl (C=O) groups is 1. The van der Waals surface area contributed by atoms with Crippen LogP contribution in [0.5, 0.6) is 5.75 Å². The van der Waals surface area contributed by atoms with Crippen molar-refractivity contribution in [1.82, 2.24) is 5.32 Å². The van der Waals surface area contributed by atoms with Crippen molar-refractivity contribution in [3.8, 4) is 5.75 Å². The Balaban J connectivity index is 1.92. The molecule has 9 nitrogen and oxygen atoms in total. The SMILES string of the molecule is COc1ccc(S(=O)(=O)Nc2ccccc2C(=O)NC2CC2)cc1[N+](=O)[O-]. The molecule has 0 heterocycles. The Morgan fingerprint density at radius 2 is 1.93 bits per heavy atom. The van der Waals surface area contributed by atoms with Gasteiger partial charge in [-0.25, -0.2) is 8.42 Å². The molecule has 2 aromatic carbocycles. The van der Waals surface area contributed by atoms with Crippen molar-refractivity contribution in [2.75, 3.05) is 11.8 Å². The van der Waals surface area contributed by atoms with Crippen molar-refractivity contribution < 1.29 is 22.9 Å². The van der Waals surface area contributed by atoms with Gasteiger partial charge in [0.25, 0.3) is 15.9 Å². The van der Waals surface area contributed by atoms with Gasteiger partial charge in [-0.1, -0.05) is 12.1 Å². The molecule has 1 saturated carbocycles. The van der Waals surface area contributed by atoms with E-state index in [9.17, 15) is 23.3 Å². The first kappa shape index (κ1) is 18.6. The number of nitro benzene ring substituents is 1. The fourth-order valence-electron chi connectivity index (χ4n) is 2.44. The highest BCUT2D eigenvalue weighted by Crippen LogP contribution is 2.30. The quantitative estimate of drug-likeness (QED) is 0.551. The average Bonchev–Trinajstić information content (AvgIpc) is 3.45. The predicted octanol–water partition coefficient (Wildman–Crippen LogP) is 2.30. The summed E-state index contributed by atoms with van der Waals surface area (Å²) in [6.07, 6.45) is 1.80. The van der Waals surface area contributed by atoms with Gasteiger partial charge in [0.05, 0.1) is 28.2 Å². The van der Waals surface area contributed by atoms with Gasteiger partial charge in [-0.2, -0.15) is 0 Å². The average molecular weight is 391 g/mol. The molecule has 1 fully saturated rings. The van der Waals surface area contributed by atoms with E-state index in [1.807, 2.05) is 0 Å². The molecule has 142 valence electrons. The summed E-state index contributed by atoms with van der Waals surface area (Å²) < 4.78 is 32.6. The van der Waals surface area contributed by atoms with Crippen LogP contribution in [-0.4, -0.2) is 32.4 Å². The summed E-state index contributed by atoms with van der Waals surface area (Å²) in [5, 5.41) is 13.9. The Kier molecular flexibility index (Phi) is 5.00. The van der Waals surface area contributed by atoms with Crippen LogP contribution in [0.25, 0.3) is 0 Å². The third-order valence-corrected chi connectivity index (χ3v) is 5.35. The first-order valence-electron chi connectivity index (χ1n) is 8.07. The molecular weight excluding hydrogens is 374 g/mol. The molecule has 1 aliphatic carbocycles. The highest BCUT2D eigenvalue weighted by Gasteiger charge is 2.26. The largest absolute Gasteiger partial charge is 0.490 e. The number of amides is 1. The van der Waals surface area contributed by atoms with Crippen LogP contribution >= 0.6 is 0 Å². The van der Waals surface area contributed by atoms with Crippen LogP contribution in [0, 0.1) is 10.1 Å². The van der Waals surface area contributed by atoms with Gasteiger partial charge in [-0.05, 0) is 37.1 Å². The molecule has 1 amide bonds. The van der Waals surface area contributed by atoms with Crippen molar-refractivity contribution in [2.45, 2.75) is 23.8 Å². The lowest BCUT2D eigenvalue weighted by molar-refractivity contribution is -0.386. The second-order valence-electron chi connectivity index (χ2n) is 5.99. The molecule has 0 saturated heterocycles. The zero-order valence-corrected chi connectivity index (χ0v) is 15.2. The molecular formula is C17H17N3O6S. The Bertz CT molecular complexity index is 1000. The van der Waals surface area contributed by atoms with Crippen LogP contribution < -0.4 is 14.8 Å². The third-order valence-electron chi connectivity index (χ3n) is 3.99. The van der Waals surface area contributed by atoms with Crippen LogP contribution in [0.2, 0.25) is 0 Å². The van der Waals surface area contributed by atoms with Gasteiger partial charge >= 0.3 is 5.69 Å². The summed E-state index contributed by atoms with van der Waals surface area (Å²) >= 11 is 0. The van der Waals surface area contributed by atoms with Crippen LogP contribution in [0.4, 0.5) is 11.4 Å². The summed E-state index contributed by atoms with van der Waals surface area (Å²) in [4.78, 5) is 22.4. The minimum absolute atomic E-state index is 0.0526. The predicted molar refractivity (Wildman–Crippen MR) is 97.4 cm³/mol. The highest BCUT2D eigenvalue weighted by molar-refractivity contribution is 7.92. The lowest BCUT2D eigenvalue weighted by atomic mass is 10.1. The summed E-state index contributed by atoms with van der Waals surface area (Å²) in [6.45, 7) is 0. The van der Waals surface area contributed by atoms with Crippen LogP contribution in [-0.2, 0) is 10.0 Å². The molecule has 0 radical (unpaired) electrons. The van der Waals surface area contributed by atoms with Crippen molar-refractivity contribution in [2.24, 2.45) is 0 Å². The second-order valence-corrected chi connectivity index (χ2v) is 7.67. The summed E-state index contributed by atoms with van der Waals surface area (Å²) in [5.41, 5.74) is -0.203. The molecule has 0 bridgehead atoms. The Morgan fingerprint density at radius 1 is 1.22 bits per heavy atom. The molecule has 2 aromatic rings. The normalized spacial score (nSPS) is 13.7. The number of carbonyl (C=O) groups excluding carboxylic acids is 1. The number of benzene rings is 2. The number of anilines is 1. The fraction of sp³-hybridized carbons (Fsp3) is 0.235. The van der Waals surface area contributed by atoms with E-state index in [0.29, 0.717) is 0 Å². The number of para-hydroxylation sites is 1. The van der Waals surface area contributed by atoms with Gasteiger partial charge in [-0.3, -0.25) is 19.6 Å². The number of hydrogen-bond donors (Lipinski definition) is 2. The van der Waals surface area contributed by atoms with E-state index in [-0.39, 0.29) is 33.8 Å². The topological polar surface area (TPSA) is 128 Å². The Morgan fingerprint density at radius 3 is 2.56 bits per heavy atom. The summed E-state index contributed by atoms with van der Waals surface area (Å²) in [7, 11) is -2.90. The van der Waals surface area contributed by atoms with E-state index in [0.717, 1.165) is 18.9 Å². The van der Waals surface area contributed by atoms with Gasteiger partial charge in [0.15, 0.2) is 5.75 Å². The van der Waals surface area contributed by atoms with Crippen molar-refractivity contribution in [1.29, 1.82) is 0 Å².